The molecule has 1 N–H and O–H groups in total. The Hall–Kier alpha value is -4.17. The molecule has 0 aliphatic carbocycles. The molecule has 0 spiro atoms. The van der Waals surface area contributed by atoms with E-state index in [1.54, 1.807) is 27.8 Å². The molecule has 3 aromatic rings. The van der Waals surface area contributed by atoms with Crippen LogP contribution in [0, 0.1) is 6.92 Å². The van der Waals surface area contributed by atoms with Gasteiger partial charge in [-0.1, -0.05) is 56.8 Å². The summed E-state index contributed by atoms with van der Waals surface area (Å²) in [4.78, 5) is 30.5. The lowest BCUT2D eigenvalue weighted by Crippen LogP contribution is -2.38. The molecule has 2 aromatic carbocycles. The van der Waals surface area contributed by atoms with Crippen molar-refractivity contribution >= 4 is 17.4 Å². The summed E-state index contributed by atoms with van der Waals surface area (Å²) in [5.41, 5.74) is 2.67. The summed E-state index contributed by atoms with van der Waals surface area (Å²) in [5, 5.41) is 16.0. The molecule has 1 aliphatic rings. The smallest absolute Gasteiger partial charge is 0.295 e. The van der Waals surface area contributed by atoms with Crippen LogP contribution in [-0.2, 0) is 9.59 Å². The van der Waals surface area contributed by atoms with E-state index < -0.39 is 17.7 Å². The van der Waals surface area contributed by atoms with E-state index in [2.05, 4.69) is 30.4 Å². The third-order valence-electron chi connectivity index (χ3n) is 6.92. The van der Waals surface area contributed by atoms with Crippen molar-refractivity contribution in [3.63, 3.8) is 0 Å². The summed E-state index contributed by atoms with van der Waals surface area (Å²) in [6, 6.07) is 16.0. The lowest BCUT2D eigenvalue weighted by molar-refractivity contribution is -0.140. The second kappa shape index (κ2) is 11.9. The number of rotatable bonds is 11. The molecule has 8 heteroatoms. The van der Waals surface area contributed by atoms with Gasteiger partial charge in [0.05, 0.1) is 34.8 Å². The van der Waals surface area contributed by atoms with Crippen LogP contribution in [0.3, 0.4) is 0 Å². The number of aliphatic hydroxyl groups excluding tert-OH is 1. The number of ether oxygens (including phenoxy) is 1. The Kier molecular flexibility index (Phi) is 8.43. The van der Waals surface area contributed by atoms with E-state index in [9.17, 15) is 14.7 Å². The summed E-state index contributed by atoms with van der Waals surface area (Å²) in [7, 11) is 0. The van der Waals surface area contributed by atoms with Crippen molar-refractivity contribution < 1.29 is 19.4 Å². The first-order valence-corrected chi connectivity index (χ1v) is 12.9. The molecule has 0 radical (unpaired) electrons. The van der Waals surface area contributed by atoms with Crippen LogP contribution in [0.1, 0.15) is 36.7 Å². The highest BCUT2D eigenvalue weighted by molar-refractivity contribution is 6.46. The number of hydrogen-bond donors (Lipinski definition) is 1. The van der Waals surface area contributed by atoms with E-state index in [4.69, 9.17) is 4.74 Å². The van der Waals surface area contributed by atoms with Crippen LogP contribution in [0.4, 0.5) is 0 Å². The molecule has 0 saturated carbocycles. The minimum atomic E-state index is -0.738. The van der Waals surface area contributed by atoms with Gasteiger partial charge in [-0.25, -0.2) is 4.68 Å². The van der Waals surface area contributed by atoms with Gasteiger partial charge in [0.1, 0.15) is 18.1 Å². The van der Waals surface area contributed by atoms with Crippen LogP contribution in [0.5, 0.6) is 5.75 Å². The minimum Gasteiger partial charge on any atom is -0.507 e. The van der Waals surface area contributed by atoms with E-state index in [-0.39, 0.29) is 11.3 Å². The number of Topliss-reactive ketones (excluding diaryl/α,β-unsaturated/α-hetero) is 1. The second-order valence-electron chi connectivity index (χ2n) is 9.08. The van der Waals surface area contributed by atoms with Gasteiger partial charge in [-0.05, 0) is 49.8 Å². The van der Waals surface area contributed by atoms with Gasteiger partial charge in [0.2, 0.25) is 0 Å². The fourth-order valence-electron chi connectivity index (χ4n) is 4.76. The number of ketones is 1. The van der Waals surface area contributed by atoms with Crippen molar-refractivity contribution in [1.29, 1.82) is 0 Å². The highest BCUT2D eigenvalue weighted by atomic mass is 16.5. The van der Waals surface area contributed by atoms with E-state index >= 15 is 0 Å². The van der Waals surface area contributed by atoms with Gasteiger partial charge in [-0.15, -0.1) is 0 Å². The van der Waals surface area contributed by atoms with Crippen LogP contribution in [0.15, 0.2) is 79.0 Å². The Morgan fingerprint density at radius 3 is 2.42 bits per heavy atom. The number of benzene rings is 2. The average molecular weight is 515 g/mol. The average Bonchev–Trinajstić information content (AvgIpc) is 3.45. The van der Waals surface area contributed by atoms with Gasteiger partial charge >= 0.3 is 0 Å². The zero-order valence-corrected chi connectivity index (χ0v) is 22.1. The molecule has 1 saturated heterocycles. The van der Waals surface area contributed by atoms with Gasteiger partial charge in [-0.2, -0.15) is 5.10 Å². The molecule has 2 heterocycles. The van der Waals surface area contributed by atoms with Crippen molar-refractivity contribution in [1.82, 2.24) is 19.6 Å². The number of aromatic nitrogens is 2. The first kappa shape index (κ1) is 26.9. The first-order valence-electron chi connectivity index (χ1n) is 12.9. The van der Waals surface area contributed by atoms with Crippen LogP contribution >= 0.6 is 0 Å². The maximum Gasteiger partial charge on any atom is 0.295 e. The van der Waals surface area contributed by atoms with Crippen molar-refractivity contribution in [3.05, 3.63) is 95.8 Å². The number of likely N-dealkylation sites (tertiary alicyclic amines) is 1. The highest BCUT2D eigenvalue weighted by Gasteiger charge is 2.46. The number of carbonyl (C=O) groups excluding carboxylic acids is 2. The van der Waals surface area contributed by atoms with E-state index in [1.807, 2.05) is 49.4 Å². The monoisotopic (exact) mass is 514 g/mol. The number of aliphatic hydroxyl groups is 1. The molecule has 4 rings (SSSR count). The molecular weight excluding hydrogens is 480 g/mol. The SMILES string of the molecule is C=CCOc1ccc(C2/C(=C(\O)c3cnn(-c4ccccc4)c3C)C(=O)C(=O)N2CCN(CC)CC)cc1. The number of nitrogens with zero attached hydrogens (tertiary/aromatic N) is 4. The predicted molar refractivity (Wildman–Crippen MR) is 147 cm³/mol. The fourth-order valence-corrected chi connectivity index (χ4v) is 4.76. The molecule has 1 amide bonds. The number of para-hydroxylation sites is 1. The fraction of sp³-hybridized carbons (Fsp3) is 0.300. The third-order valence-corrected chi connectivity index (χ3v) is 6.92. The standard InChI is InChI=1S/C30H34N4O4/c1-5-19-38-24-15-13-22(14-16-24)27-26(29(36)30(37)33(27)18-17-32(6-2)7-3)28(35)25-20-31-34(21(25)4)23-11-9-8-10-12-23/h5,8-16,20,27,35H,1,6-7,17-19H2,2-4H3/b28-26+. The van der Waals surface area contributed by atoms with Gasteiger partial charge < -0.3 is 19.6 Å². The summed E-state index contributed by atoms with van der Waals surface area (Å²) < 4.78 is 7.31. The van der Waals surface area contributed by atoms with Crippen LogP contribution in [-0.4, -0.2) is 69.2 Å². The number of likely N-dealkylation sites (N-methyl/N-ethyl adjacent to an activating group) is 1. The minimum absolute atomic E-state index is 0.0602. The van der Waals surface area contributed by atoms with Gasteiger partial charge in [0.25, 0.3) is 11.7 Å². The Balaban J connectivity index is 1.79. The maximum atomic E-state index is 13.4. The second-order valence-corrected chi connectivity index (χ2v) is 9.08. The lowest BCUT2D eigenvalue weighted by Gasteiger charge is -2.28. The molecule has 198 valence electrons. The normalized spacial score (nSPS) is 16.8. The highest BCUT2D eigenvalue weighted by Crippen LogP contribution is 2.40. The zero-order valence-electron chi connectivity index (χ0n) is 22.1. The topological polar surface area (TPSA) is 87.9 Å². The molecule has 38 heavy (non-hydrogen) atoms. The molecule has 1 fully saturated rings. The summed E-state index contributed by atoms with van der Waals surface area (Å²) >= 11 is 0. The summed E-state index contributed by atoms with van der Waals surface area (Å²) in [6.07, 6.45) is 3.19. The third kappa shape index (κ3) is 5.26. The predicted octanol–water partition coefficient (Wildman–Crippen LogP) is 4.51. The van der Waals surface area contributed by atoms with Crippen LogP contribution in [0.25, 0.3) is 11.4 Å². The number of amides is 1. The Bertz CT molecular complexity index is 1320. The largest absolute Gasteiger partial charge is 0.507 e. The Morgan fingerprint density at radius 2 is 1.79 bits per heavy atom. The molecule has 1 unspecified atom stereocenters. The van der Waals surface area contributed by atoms with E-state index in [0.717, 1.165) is 18.8 Å². The van der Waals surface area contributed by atoms with E-state index in [0.29, 0.717) is 42.3 Å². The van der Waals surface area contributed by atoms with Gasteiger partial charge in [0.15, 0.2) is 0 Å². The molecule has 1 aliphatic heterocycles. The number of carbonyl (C=O) groups is 2. The molecule has 1 aromatic heterocycles. The van der Waals surface area contributed by atoms with Crippen molar-refractivity contribution in [2.75, 3.05) is 32.8 Å². The van der Waals surface area contributed by atoms with Crippen molar-refractivity contribution in [3.8, 4) is 11.4 Å². The maximum absolute atomic E-state index is 13.4. The zero-order chi connectivity index (χ0) is 27.2. The van der Waals surface area contributed by atoms with Crippen LogP contribution < -0.4 is 4.74 Å². The first-order chi connectivity index (χ1) is 18.4. The van der Waals surface area contributed by atoms with Crippen molar-refractivity contribution in [2.24, 2.45) is 0 Å². The molecule has 0 bridgehead atoms. The van der Waals surface area contributed by atoms with E-state index in [1.165, 1.54) is 6.20 Å². The van der Waals surface area contributed by atoms with Crippen LogP contribution in [0.2, 0.25) is 0 Å². The van der Waals surface area contributed by atoms with Crippen molar-refractivity contribution in [2.45, 2.75) is 26.8 Å². The Morgan fingerprint density at radius 1 is 1.11 bits per heavy atom. The molecule has 8 nitrogen and oxygen atoms in total. The molecule has 1 atom stereocenters. The molecular formula is C30H34N4O4. The van der Waals surface area contributed by atoms with Gasteiger partial charge in [0, 0.05) is 13.1 Å². The number of hydrogen-bond acceptors (Lipinski definition) is 6. The summed E-state index contributed by atoms with van der Waals surface area (Å²) in [5.74, 6) is -0.909. The summed E-state index contributed by atoms with van der Waals surface area (Å²) in [6.45, 7) is 12.6. The Labute approximate surface area is 223 Å². The van der Waals surface area contributed by atoms with Gasteiger partial charge in [-0.3, -0.25) is 9.59 Å². The lowest BCUT2D eigenvalue weighted by atomic mass is 9.95. The quantitative estimate of drug-likeness (QED) is 0.175.